The van der Waals surface area contributed by atoms with Crippen LogP contribution in [0.1, 0.15) is 393 Å². The molecule has 4 heteroatoms. The van der Waals surface area contributed by atoms with Crippen molar-refractivity contribution in [3.05, 3.63) is 85.1 Å². The van der Waals surface area contributed by atoms with E-state index in [1.807, 2.05) is 6.08 Å². The monoisotopic (exact) mass is 1160 g/mol. The third-order valence-electron chi connectivity index (χ3n) is 17.1. The SMILES string of the molecule is CC/C=C\C/C=C\C/C=C\C/C=C\CCCCCCCCCCCCCCCCCCCCCCCCCCCCC(=O)NC(CO)C(O)/C=C/CC/C=C/CC/C=C/CCCCCCCCCCCCCCCCCCCCCCCC. The van der Waals surface area contributed by atoms with Gasteiger partial charge >= 0.3 is 0 Å². The molecule has 0 aromatic carbocycles. The molecule has 3 N–H and O–H groups in total. The topological polar surface area (TPSA) is 69.6 Å². The highest BCUT2D eigenvalue weighted by atomic mass is 16.3. The molecule has 0 rings (SSSR count). The van der Waals surface area contributed by atoms with Crippen molar-refractivity contribution < 1.29 is 15.0 Å². The number of hydrogen-bond acceptors (Lipinski definition) is 3. The second-order valence-electron chi connectivity index (χ2n) is 25.3. The summed E-state index contributed by atoms with van der Waals surface area (Å²) in [6.45, 7) is 4.22. The van der Waals surface area contributed by atoms with Gasteiger partial charge in [-0.1, -0.05) is 388 Å². The van der Waals surface area contributed by atoms with Crippen LogP contribution in [0.4, 0.5) is 0 Å². The molecule has 484 valence electrons. The molecule has 1 amide bonds. The predicted molar refractivity (Wildman–Crippen MR) is 373 cm³/mol. The first-order valence-corrected chi connectivity index (χ1v) is 37.3. The number of carbonyl (C=O) groups excluding carboxylic acids is 1. The molecule has 0 aliphatic carbocycles. The largest absolute Gasteiger partial charge is 0.394 e. The first kappa shape index (κ1) is 80.6. The summed E-state index contributed by atoms with van der Waals surface area (Å²) in [4.78, 5) is 12.6. The van der Waals surface area contributed by atoms with E-state index in [0.29, 0.717) is 6.42 Å². The maximum Gasteiger partial charge on any atom is 0.220 e. The molecule has 83 heavy (non-hydrogen) atoms. The molecule has 0 saturated heterocycles. The van der Waals surface area contributed by atoms with Gasteiger partial charge in [0, 0.05) is 6.42 Å². The van der Waals surface area contributed by atoms with Crippen molar-refractivity contribution >= 4 is 5.91 Å². The Labute approximate surface area is 520 Å². The predicted octanol–water partition coefficient (Wildman–Crippen LogP) is 25.8. The molecule has 0 aromatic rings. The summed E-state index contributed by atoms with van der Waals surface area (Å²) in [6, 6.07) is -0.649. The number of hydrogen-bond donors (Lipinski definition) is 3. The Bertz CT molecular complexity index is 1450. The van der Waals surface area contributed by atoms with Gasteiger partial charge < -0.3 is 15.5 Å². The van der Waals surface area contributed by atoms with Crippen LogP contribution in [0.3, 0.4) is 0 Å². The number of unbranched alkanes of at least 4 members (excludes halogenated alkanes) is 50. The lowest BCUT2D eigenvalue weighted by Gasteiger charge is -2.19. The lowest BCUT2D eigenvalue weighted by atomic mass is 10.0. The number of carbonyl (C=O) groups is 1. The second-order valence-corrected chi connectivity index (χ2v) is 25.3. The molecule has 0 fully saturated rings. The molecule has 0 saturated carbocycles. The fraction of sp³-hybridized carbons (Fsp3) is 0.810. The van der Waals surface area contributed by atoms with Crippen LogP contribution < -0.4 is 5.32 Å². The fourth-order valence-electron chi connectivity index (χ4n) is 11.5. The summed E-state index contributed by atoms with van der Waals surface area (Å²) in [5, 5.41) is 23.3. The van der Waals surface area contributed by atoms with Crippen molar-refractivity contribution in [2.24, 2.45) is 0 Å². The number of nitrogens with one attached hydrogen (secondary N) is 1. The van der Waals surface area contributed by atoms with Crippen molar-refractivity contribution in [3.8, 4) is 0 Å². The van der Waals surface area contributed by atoms with Crippen molar-refractivity contribution in [2.75, 3.05) is 6.61 Å². The van der Waals surface area contributed by atoms with Crippen LogP contribution >= 0.6 is 0 Å². The van der Waals surface area contributed by atoms with Crippen LogP contribution in [0.5, 0.6) is 0 Å². The van der Waals surface area contributed by atoms with Crippen molar-refractivity contribution in [2.45, 2.75) is 405 Å². The lowest BCUT2D eigenvalue weighted by molar-refractivity contribution is -0.123. The van der Waals surface area contributed by atoms with Gasteiger partial charge in [-0.3, -0.25) is 4.79 Å². The number of allylic oxidation sites excluding steroid dienone is 13. The van der Waals surface area contributed by atoms with E-state index < -0.39 is 12.1 Å². The molecule has 0 heterocycles. The molecule has 0 radical (unpaired) electrons. The average Bonchev–Trinajstić information content (AvgIpc) is 3.51. The average molecular weight is 1160 g/mol. The Balaban J connectivity index is 3.46. The number of amides is 1. The molecule has 0 bridgehead atoms. The standard InChI is InChI=1S/C79H145NO3/c1-3-5-7-9-11-13-15-17-19-21-23-25-27-29-31-33-35-37-38-39-40-41-42-43-45-47-49-51-53-55-57-59-61-63-65-67-69-71-73-75-79(83)80-77(76-81)78(82)74-72-70-68-66-64-62-60-58-56-54-52-50-48-46-44-36-34-32-30-28-26-24-22-20-18-16-14-12-10-8-6-4-2/h5,7,11,13,17,19,23,25,56,58,64,66,72,74,77-78,81-82H,3-4,6,8-10,12,14-16,18,20-22,24,26-55,57,59-63,65,67-71,73,75-76H2,1-2H3,(H,80,83)/b7-5-,13-11-,19-17-,25-23-,58-56+,66-64+,74-72+. The molecule has 0 aliphatic rings. The Morgan fingerprint density at radius 1 is 0.301 bits per heavy atom. The first-order valence-electron chi connectivity index (χ1n) is 37.3. The highest BCUT2D eigenvalue weighted by molar-refractivity contribution is 5.76. The first-order chi connectivity index (χ1) is 41.2. The molecule has 0 aliphatic heterocycles. The molecular weight excluding hydrogens is 1010 g/mol. The second kappa shape index (κ2) is 73.8. The summed E-state index contributed by atoms with van der Waals surface area (Å²) >= 11 is 0. The van der Waals surface area contributed by atoms with E-state index >= 15 is 0 Å². The van der Waals surface area contributed by atoms with Crippen molar-refractivity contribution in [1.82, 2.24) is 5.32 Å². The summed E-state index contributed by atoms with van der Waals surface area (Å²) < 4.78 is 0. The Hall–Kier alpha value is -2.43. The molecular formula is C79H145NO3. The Morgan fingerprint density at radius 2 is 0.542 bits per heavy atom. The van der Waals surface area contributed by atoms with E-state index in [4.69, 9.17) is 0 Å². The zero-order valence-electron chi connectivity index (χ0n) is 56.0. The Kier molecular flexibility index (Phi) is 71.7. The third-order valence-corrected chi connectivity index (χ3v) is 17.1. The van der Waals surface area contributed by atoms with Gasteiger partial charge in [0.2, 0.25) is 5.91 Å². The van der Waals surface area contributed by atoms with Crippen molar-refractivity contribution in [3.63, 3.8) is 0 Å². The summed E-state index contributed by atoms with van der Waals surface area (Å²) in [5.41, 5.74) is 0. The molecule has 2 unspecified atom stereocenters. The summed E-state index contributed by atoms with van der Waals surface area (Å²) in [7, 11) is 0. The van der Waals surface area contributed by atoms with Crippen LogP contribution in [0.25, 0.3) is 0 Å². The zero-order chi connectivity index (χ0) is 59.8. The quantitative estimate of drug-likeness (QED) is 0.0420. The van der Waals surface area contributed by atoms with Crippen LogP contribution in [-0.4, -0.2) is 34.9 Å². The van der Waals surface area contributed by atoms with Gasteiger partial charge in [0.15, 0.2) is 0 Å². The van der Waals surface area contributed by atoms with E-state index in [1.165, 1.54) is 308 Å². The van der Waals surface area contributed by atoms with Crippen molar-refractivity contribution in [1.29, 1.82) is 0 Å². The van der Waals surface area contributed by atoms with Gasteiger partial charge in [-0.05, 0) is 83.5 Å². The highest BCUT2D eigenvalue weighted by Crippen LogP contribution is 2.19. The Morgan fingerprint density at radius 3 is 0.843 bits per heavy atom. The van der Waals surface area contributed by atoms with Crippen LogP contribution in [-0.2, 0) is 4.79 Å². The lowest BCUT2D eigenvalue weighted by Crippen LogP contribution is -2.45. The highest BCUT2D eigenvalue weighted by Gasteiger charge is 2.18. The minimum Gasteiger partial charge on any atom is -0.394 e. The van der Waals surface area contributed by atoms with Gasteiger partial charge in [-0.2, -0.15) is 0 Å². The summed E-state index contributed by atoms with van der Waals surface area (Å²) in [6.07, 6.45) is 108. The number of aliphatic hydroxyl groups excluding tert-OH is 2. The van der Waals surface area contributed by atoms with E-state index in [2.05, 4.69) is 92.1 Å². The summed E-state index contributed by atoms with van der Waals surface area (Å²) in [5.74, 6) is -0.0718. The van der Waals surface area contributed by atoms with Crippen LogP contribution in [0.15, 0.2) is 85.1 Å². The molecule has 0 spiro atoms. The normalized spacial score (nSPS) is 13.2. The fourth-order valence-corrected chi connectivity index (χ4v) is 11.5. The zero-order valence-corrected chi connectivity index (χ0v) is 56.0. The molecule has 0 aromatic heterocycles. The maximum absolute atomic E-state index is 12.6. The van der Waals surface area contributed by atoms with E-state index in [9.17, 15) is 15.0 Å². The third kappa shape index (κ3) is 70.2. The van der Waals surface area contributed by atoms with Gasteiger partial charge in [0.25, 0.3) is 0 Å². The number of aliphatic hydroxyl groups is 2. The molecule has 2 atom stereocenters. The minimum atomic E-state index is -0.874. The number of rotatable bonds is 69. The van der Waals surface area contributed by atoms with Crippen LogP contribution in [0, 0.1) is 0 Å². The van der Waals surface area contributed by atoms with E-state index in [1.54, 1.807) is 6.08 Å². The van der Waals surface area contributed by atoms with Crippen LogP contribution in [0.2, 0.25) is 0 Å². The van der Waals surface area contributed by atoms with Gasteiger partial charge in [-0.15, -0.1) is 0 Å². The van der Waals surface area contributed by atoms with Gasteiger partial charge in [-0.25, -0.2) is 0 Å². The van der Waals surface area contributed by atoms with E-state index in [0.717, 1.165) is 64.2 Å². The van der Waals surface area contributed by atoms with E-state index in [-0.39, 0.29) is 12.5 Å². The van der Waals surface area contributed by atoms with Gasteiger partial charge in [0.1, 0.15) is 0 Å². The minimum absolute atomic E-state index is 0.0718. The smallest absolute Gasteiger partial charge is 0.220 e. The maximum atomic E-state index is 12.6. The molecule has 4 nitrogen and oxygen atoms in total. The van der Waals surface area contributed by atoms with Gasteiger partial charge in [0.05, 0.1) is 18.8 Å².